The van der Waals surface area contributed by atoms with Gasteiger partial charge < -0.3 is 10.5 Å². The van der Waals surface area contributed by atoms with Gasteiger partial charge in [-0.05, 0) is 42.8 Å². The summed E-state index contributed by atoms with van der Waals surface area (Å²) >= 11 is 9.12. The van der Waals surface area contributed by atoms with Gasteiger partial charge in [-0.15, -0.1) is 0 Å². The highest BCUT2D eigenvalue weighted by Crippen LogP contribution is 2.30. The summed E-state index contributed by atoms with van der Waals surface area (Å²) in [6.07, 6.45) is 0.706. The van der Waals surface area contributed by atoms with Crippen molar-refractivity contribution in [3.8, 4) is 11.5 Å². The van der Waals surface area contributed by atoms with E-state index in [9.17, 15) is 4.39 Å². The lowest BCUT2D eigenvalue weighted by Crippen LogP contribution is -2.04. The lowest BCUT2D eigenvalue weighted by molar-refractivity contribution is 0.474. The van der Waals surface area contributed by atoms with E-state index in [1.54, 1.807) is 0 Å². The van der Waals surface area contributed by atoms with Gasteiger partial charge in [0, 0.05) is 10.5 Å². The first-order chi connectivity index (χ1) is 9.10. The zero-order valence-corrected chi connectivity index (χ0v) is 12.3. The summed E-state index contributed by atoms with van der Waals surface area (Å²) in [6.45, 7) is 0.530. The minimum atomic E-state index is -0.467. The largest absolute Gasteiger partial charge is 0.457 e. The molecule has 100 valence electrons. The molecule has 2 N–H and O–H groups in total. The molecule has 0 atom stereocenters. The second kappa shape index (κ2) is 6.37. The number of nitrogens with two attached hydrogens (primary N) is 1. The van der Waals surface area contributed by atoms with E-state index < -0.39 is 5.82 Å². The third-order valence-electron chi connectivity index (χ3n) is 2.56. The molecule has 0 unspecified atom stereocenters. The number of rotatable bonds is 4. The predicted octanol–water partition coefficient (Wildman–Crippen LogP) is 4.54. The maximum Gasteiger partial charge on any atom is 0.142 e. The molecule has 0 saturated carbocycles. The van der Waals surface area contributed by atoms with Gasteiger partial charge in [0.25, 0.3) is 0 Å². The fourth-order valence-corrected chi connectivity index (χ4v) is 2.16. The molecule has 0 radical (unpaired) electrons. The Morgan fingerprint density at radius 3 is 2.68 bits per heavy atom. The first kappa shape index (κ1) is 14.3. The molecular weight excluding hydrogens is 333 g/mol. The summed E-state index contributed by atoms with van der Waals surface area (Å²) in [5, 5.41) is 0.0351. The molecule has 0 saturated heterocycles. The Kier molecular flexibility index (Phi) is 4.80. The molecule has 0 heterocycles. The van der Waals surface area contributed by atoms with Crippen molar-refractivity contribution in [1.29, 1.82) is 0 Å². The lowest BCUT2D eigenvalue weighted by Gasteiger charge is -2.11. The van der Waals surface area contributed by atoms with Crippen LogP contribution in [0.2, 0.25) is 5.02 Å². The summed E-state index contributed by atoms with van der Waals surface area (Å²) in [7, 11) is 0. The molecule has 2 aromatic rings. The molecule has 2 aromatic carbocycles. The molecule has 5 heteroatoms. The summed E-state index contributed by atoms with van der Waals surface area (Å²) in [5.41, 5.74) is 6.56. The van der Waals surface area contributed by atoms with E-state index in [2.05, 4.69) is 15.9 Å². The molecule has 0 bridgehead atoms. The minimum absolute atomic E-state index is 0.0351. The summed E-state index contributed by atoms with van der Waals surface area (Å²) < 4.78 is 19.7. The zero-order valence-electron chi connectivity index (χ0n) is 10.00. The predicted molar refractivity (Wildman–Crippen MR) is 78.4 cm³/mol. The van der Waals surface area contributed by atoms with Crippen molar-refractivity contribution in [2.24, 2.45) is 5.73 Å². The van der Waals surface area contributed by atoms with E-state index in [0.29, 0.717) is 24.5 Å². The van der Waals surface area contributed by atoms with Crippen LogP contribution in [0, 0.1) is 5.82 Å². The van der Waals surface area contributed by atoms with Crippen LogP contribution >= 0.6 is 27.5 Å². The van der Waals surface area contributed by atoms with E-state index in [-0.39, 0.29) is 5.02 Å². The van der Waals surface area contributed by atoms with Crippen molar-refractivity contribution >= 4 is 27.5 Å². The third kappa shape index (κ3) is 3.69. The van der Waals surface area contributed by atoms with Gasteiger partial charge in [0.15, 0.2) is 0 Å². The normalized spacial score (nSPS) is 10.5. The minimum Gasteiger partial charge on any atom is -0.457 e. The van der Waals surface area contributed by atoms with Crippen molar-refractivity contribution in [1.82, 2.24) is 0 Å². The second-order valence-electron chi connectivity index (χ2n) is 3.97. The molecule has 19 heavy (non-hydrogen) atoms. The van der Waals surface area contributed by atoms with Crippen molar-refractivity contribution in [2.75, 3.05) is 6.54 Å². The van der Waals surface area contributed by atoms with Gasteiger partial charge in [-0.2, -0.15) is 0 Å². The standard InChI is InChI=1S/C14H12BrClFNO/c15-10-2-1-9(5-6-18)14(7-10)19-11-3-4-13(17)12(16)8-11/h1-4,7-8H,5-6,18H2. The summed E-state index contributed by atoms with van der Waals surface area (Å²) in [5.74, 6) is 0.704. The van der Waals surface area contributed by atoms with Crippen LogP contribution in [0.3, 0.4) is 0 Å². The van der Waals surface area contributed by atoms with Gasteiger partial charge in [0.05, 0.1) is 5.02 Å². The van der Waals surface area contributed by atoms with Gasteiger partial charge in [0.2, 0.25) is 0 Å². The Hall–Kier alpha value is -1.10. The lowest BCUT2D eigenvalue weighted by atomic mass is 10.1. The fourth-order valence-electron chi connectivity index (χ4n) is 1.65. The highest BCUT2D eigenvalue weighted by Gasteiger charge is 2.07. The molecule has 2 nitrogen and oxygen atoms in total. The maximum absolute atomic E-state index is 13.1. The van der Waals surface area contributed by atoms with Crippen LogP contribution in [0.1, 0.15) is 5.56 Å². The number of halogens is 3. The van der Waals surface area contributed by atoms with Gasteiger partial charge in [0.1, 0.15) is 17.3 Å². The van der Waals surface area contributed by atoms with Gasteiger partial charge in [-0.25, -0.2) is 4.39 Å². The van der Waals surface area contributed by atoms with E-state index in [1.807, 2.05) is 18.2 Å². The van der Waals surface area contributed by atoms with Crippen LogP contribution in [-0.4, -0.2) is 6.54 Å². The van der Waals surface area contributed by atoms with Crippen LogP contribution in [0.25, 0.3) is 0 Å². The SMILES string of the molecule is NCCc1ccc(Br)cc1Oc1ccc(F)c(Cl)c1. The van der Waals surface area contributed by atoms with Gasteiger partial charge in [-0.3, -0.25) is 0 Å². The van der Waals surface area contributed by atoms with Crippen molar-refractivity contribution in [2.45, 2.75) is 6.42 Å². The topological polar surface area (TPSA) is 35.2 Å². The summed E-state index contributed by atoms with van der Waals surface area (Å²) in [6, 6.07) is 9.98. The van der Waals surface area contributed by atoms with Crippen LogP contribution in [0.15, 0.2) is 40.9 Å². The highest BCUT2D eigenvalue weighted by atomic mass is 79.9. The molecular formula is C14H12BrClFNO. The quantitative estimate of drug-likeness (QED) is 0.884. The summed E-state index contributed by atoms with van der Waals surface area (Å²) in [4.78, 5) is 0. The Balaban J connectivity index is 2.30. The molecule has 0 spiro atoms. The molecule has 0 aliphatic carbocycles. The molecule has 0 fully saturated rings. The van der Waals surface area contributed by atoms with Crippen LogP contribution in [0.4, 0.5) is 4.39 Å². The molecule has 2 rings (SSSR count). The van der Waals surface area contributed by atoms with Crippen LogP contribution in [-0.2, 0) is 6.42 Å². The Morgan fingerprint density at radius 1 is 1.21 bits per heavy atom. The number of benzene rings is 2. The Labute approximate surface area is 124 Å². The maximum atomic E-state index is 13.1. The van der Waals surface area contributed by atoms with E-state index >= 15 is 0 Å². The highest BCUT2D eigenvalue weighted by molar-refractivity contribution is 9.10. The number of hydrogen-bond acceptors (Lipinski definition) is 2. The smallest absolute Gasteiger partial charge is 0.142 e. The van der Waals surface area contributed by atoms with Crippen LogP contribution < -0.4 is 10.5 Å². The van der Waals surface area contributed by atoms with E-state index in [0.717, 1.165) is 10.0 Å². The van der Waals surface area contributed by atoms with Crippen LogP contribution in [0.5, 0.6) is 11.5 Å². The average Bonchev–Trinajstić information content (AvgIpc) is 2.37. The van der Waals surface area contributed by atoms with Crippen molar-refractivity contribution in [3.05, 3.63) is 57.3 Å². The van der Waals surface area contributed by atoms with Gasteiger partial charge in [-0.1, -0.05) is 33.6 Å². The first-order valence-electron chi connectivity index (χ1n) is 5.71. The zero-order chi connectivity index (χ0) is 13.8. The van der Waals surface area contributed by atoms with E-state index in [4.69, 9.17) is 22.1 Å². The average molecular weight is 345 g/mol. The molecule has 0 aliphatic rings. The molecule has 0 aromatic heterocycles. The third-order valence-corrected chi connectivity index (χ3v) is 3.34. The monoisotopic (exact) mass is 343 g/mol. The Morgan fingerprint density at radius 2 is 2.00 bits per heavy atom. The van der Waals surface area contributed by atoms with Gasteiger partial charge >= 0.3 is 0 Å². The number of hydrogen-bond donors (Lipinski definition) is 1. The Bertz CT molecular complexity index is 592. The van der Waals surface area contributed by atoms with Crippen molar-refractivity contribution in [3.63, 3.8) is 0 Å². The van der Waals surface area contributed by atoms with Crippen molar-refractivity contribution < 1.29 is 9.13 Å². The fraction of sp³-hybridized carbons (Fsp3) is 0.143. The first-order valence-corrected chi connectivity index (χ1v) is 6.88. The molecule has 0 aliphatic heterocycles. The second-order valence-corrected chi connectivity index (χ2v) is 5.29. The van der Waals surface area contributed by atoms with E-state index in [1.165, 1.54) is 18.2 Å². The molecule has 0 amide bonds. The number of ether oxygens (including phenoxy) is 1.